The van der Waals surface area contributed by atoms with E-state index in [0.717, 1.165) is 13.0 Å². The fourth-order valence-electron chi connectivity index (χ4n) is 2.48. The van der Waals surface area contributed by atoms with Gasteiger partial charge in [0.2, 0.25) is 0 Å². The summed E-state index contributed by atoms with van der Waals surface area (Å²) in [6, 6.07) is 11.0. The summed E-state index contributed by atoms with van der Waals surface area (Å²) in [6.07, 6.45) is 7.52. The average molecular weight is 226 g/mol. The highest BCUT2D eigenvalue weighted by Crippen LogP contribution is 2.47. The SMILES string of the molecule is NCC1(c2cccc(Cc3cc[nH]c3)c2)CC1. The van der Waals surface area contributed by atoms with E-state index in [9.17, 15) is 0 Å². The summed E-state index contributed by atoms with van der Waals surface area (Å²) >= 11 is 0. The van der Waals surface area contributed by atoms with Gasteiger partial charge in [-0.3, -0.25) is 0 Å². The first-order valence-electron chi connectivity index (χ1n) is 6.24. The van der Waals surface area contributed by atoms with Crippen molar-refractivity contribution >= 4 is 0 Å². The van der Waals surface area contributed by atoms with Crippen molar-refractivity contribution in [1.82, 2.24) is 4.98 Å². The molecule has 17 heavy (non-hydrogen) atoms. The van der Waals surface area contributed by atoms with Crippen molar-refractivity contribution in [2.75, 3.05) is 6.54 Å². The maximum atomic E-state index is 5.88. The van der Waals surface area contributed by atoms with Crippen LogP contribution in [-0.2, 0) is 11.8 Å². The summed E-state index contributed by atoms with van der Waals surface area (Å²) in [4.78, 5) is 3.10. The number of benzene rings is 1. The maximum Gasteiger partial charge on any atom is 0.00763 e. The molecule has 1 saturated carbocycles. The lowest BCUT2D eigenvalue weighted by Crippen LogP contribution is -2.19. The van der Waals surface area contributed by atoms with E-state index in [1.165, 1.54) is 29.5 Å². The van der Waals surface area contributed by atoms with Gasteiger partial charge in [0.05, 0.1) is 0 Å². The van der Waals surface area contributed by atoms with Crippen LogP contribution in [-0.4, -0.2) is 11.5 Å². The van der Waals surface area contributed by atoms with Crippen molar-refractivity contribution in [3.05, 3.63) is 59.4 Å². The van der Waals surface area contributed by atoms with E-state index in [2.05, 4.69) is 41.5 Å². The number of rotatable bonds is 4. The second-order valence-electron chi connectivity index (χ2n) is 5.08. The molecule has 2 heteroatoms. The van der Waals surface area contributed by atoms with Gasteiger partial charge in [-0.1, -0.05) is 24.3 Å². The van der Waals surface area contributed by atoms with Crippen molar-refractivity contribution < 1.29 is 0 Å². The van der Waals surface area contributed by atoms with Gasteiger partial charge < -0.3 is 10.7 Å². The van der Waals surface area contributed by atoms with E-state index in [-0.39, 0.29) is 0 Å². The molecule has 1 aromatic heterocycles. The summed E-state index contributed by atoms with van der Waals surface area (Å²) in [5.74, 6) is 0. The number of aromatic nitrogens is 1. The Balaban J connectivity index is 1.84. The van der Waals surface area contributed by atoms with E-state index >= 15 is 0 Å². The highest BCUT2D eigenvalue weighted by molar-refractivity contribution is 5.36. The molecule has 0 spiro atoms. The van der Waals surface area contributed by atoms with Crippen LogP contribution >= 0.6 is 0 Å². The molecule has 0 aliphatic heterocycles. The standard InChI is InChI=1S/C15H18N2/c16-11-15(5-6-15)14-3-1-2-12(9-14)8-13-4-7-17-10-13/h1-4,7,9-10,17H,5-6,8,11,16H2. The molecule has 1 aliphatic carbocycles. The number of hydrogen-bond acceptors (Lipinski definition) is 1. The number of H-pyrrole nitrogens is 1. The molecule has 2 nitrogen and oxygen atoms in total. The fourth-order valence-corrected chi connectivity index (χ4v) is 2.48. The van der Waals surface area contributed by atoms with Crippen LogP contribution in [0.1, 0.15) is 29.5 Å². The number of hydrogen-bond donors (Lipinski definition) is 2. The molecule has 0 amide bonds. The summed E-state index contributed by atoms with van der Waals surface area (Å²) in [6.45, 7) is 0.778. The smallest absolute Gasteiger partial charge is 0.00763 e. The molecular weight excluding hydrogens is 208 g/mol. The van der Waals surface area contributed by atoms with E-state index in [4.69, 9.17) is 5.73 Å². The zero-order valence-electron chi connectivity index (χ0n) is 9.95. The Kier molecular flexibility index (Phi) is 2.52. The van der Waals surface area contributed by atoms with Gasteiger partial charge in [0.1, 0.15) is 0 Å². The molecule has 0 radical (unpaired) electrons. The monoisotopic (exact) mass is 226 g/mol. The second-order valence-corrected chi connectivity index (χ2v) is 5.08. The second kappa shape index (κ2) is 4.04. The molecule has 88 valence electrons. The largest absolute Gasteiger partial charge is 0.367 e. The summed E-state index contributed by atoms with van der Waals surface area (Å²) in [5, 5.41) is 0. The predicted octanol–water partition coefficient (Wildman–Crippen LogP) is 2.60. The van der Waals surface area contributed by atoms with Gasteiger partial charge >= 0.3 is 0 Å². The van der Waals surface area contributed by atoms with Crippen LogP contribution in [0.25, 0.3) is 0 Å². The third kappa shape index (κ3) is 2.01. The molecule has 1 aromatic carbocycles. The quantitative estimate of drug-likeness (QED) is 0.826. The Morgan fingerprint density at radius 1 is 1.18 bits per heavy atom. The van der Waals surface area contributed by atoms with Gasteiger partial charge in [-0.05, 0) is 42.0 Å². The molecule has 1 fully saturated rings. The van der Waals surface area contributed by atoms with Crippen LogP contribution in [0.5, 0.6) is 0 Å². The topological polar surface area (TPSA) is 41.8 Å². The Hall–Kier alpha value is -1.54. The maximum absolute atomic E-state index is 5.88. The van der Waals surface area contributed by atoms with Crippen LogP contribution in [0.4, 0.5) is 0 Å². The Morgan fingerprint density at radius 3 is 2.71 bits per heavy atom. The minimum absolute atomic E-state index is 0.300. The Bertz CT molecular complexity index is 495. The first-order chi connectivity index (χ1) is 8.32. The van der Waals surface area contributed by atoms with Gasteiger partial charge in [0.25, 0.3) is 0 Å². The summed E-state index contributed by atoms with van der Waals surface area (Å²) < 4.78 is 0. The van der Waals surface area contributed by atoms with Gasteiger partial charge in [-0.2, -0.15) is 0 Å². The number of nitrogens with two attached hydrogens (primary N) is 1. The molecule has 0 unspecified atom stereocenters. The predicted molar refractivity (Wildman–Crippen MR) is 70.0 cm³/mol. The Labute approximate surface area is 102 Å². The average Bonchev–Trinajstić information content (AvgIpc) is 3.02. The zero-order valence-corrected chi connectivity index (χ0v) is 9.95. The molecule has 2 aromatic rings. The summed E-state index contributed by atoms with van der Waals surface area (Å²) in [5.41, 5.74) is 10.3. The lowest BCUT2D eigenvalue weighted by molar-refractivity contribution is 0.703. The molecule has 3 N–H and O–H groups in total. The van der Waals surface area contributed by atoms with Crippen LogP contribution < -0.4 is 5.73 Å². The van der Waals surface area contributed by atoms with Crippen LogP contribution in [0.3, 0.4) is 0 Å². The first kappa shape index (κ1) is 10.6. The van der Waals surface area contributed by atoms with Crippen molar-refractivity contribution in [2.24, 2.45) is 5.73 Å². The van der Waals surface area contributed by atoms with Gasteiger partial charge in [-0.25, -0.2) is 0 Å². The van der Waals surface area contributed by atoms with Crippen LogP contribution in [0.15, 0.2) is 42.7 Å². The van der Waals surface area contributed by atoms with Gasteiger partial charge in [0.15, 0.2) is 0 Å². The van der Waals surface area contributed by atoms with E-state index in [1.54, 1.807) is 0 Å². The van der Waals surface area contributed by atoms with E-state index < -0.39 is 0 Å². The highest BCUT2D eigenvalue weighted by Gasteiger charge is 2.42. The van der Waals surface area contributed by atoms with Crippen molar-refractivity contribution in [3.8, 4) is 0 Å². The van der Waals surface area contributed by atoms with Crippen LogP contribution in [0, 0.1) is 0 Å². The molecule has 1 aliphatic rings. The fraction of sp³-hybridized carbons (Fsp3) is 0.333. The van der Waals surface area contributed by atoms with E-state index in [1.807, 2.05) is 6.20 Å². The van der Waals surface area contributed by atoms with Gasteiger partial charge in [0, 0.05) is 24.4 Å². The minimum atomic E-state index is 0.300. The van der Waals surface area contributed by atoms with E-state index in [0.29, 0.717) is 5.41 Å². The molecular formula is C15H18N2. The van der Waals surface area contributed by atoms with Gasteiger partial charge in [-0.15, -0.1) is 0 Å². The molecule has 0 saturated heterocycles. The van der Waals surface area contributed by atoms with Crippen molar-refractivity contribution in [3.63, 3.8) is 0 Å². The molecule has 0 atom stereocenters. The number of nitrogens with one attached hydrogen (secondary N) is 1. The van der Waals surface area contributed by atoms with Crippen molar-refractivity contribution in [1.29, 1.82) is 0 Å². The zero-order chi connectivity index (χ0) is 11.7. The third-order valence-electron chi connectivity index (χ3n) is 3.85. The molecule has 3 rings (SSSR count). The lowest BCUT2D eigenvalue weighted by atomic mass is 9.93. The summed E-state index contributed by atoms with van der Waals surface area (Å²) in [7, 11) is 0. The third-order valence-corrected chi connectivity index (χ3v) is 3.85. The van der Waals surface area contributed by atoms with Crippen LogP contribution in [0.2, 0.25) is 0 Å². The van der Waals surface area contributed by atoms with Crippen molar-refractivity contribution in [2.45, 2.75) is 24.7 Å². The lowest BCUT2D eigenvalue weighted by Gasteiger charge is -2.13. The molecule has 0 bridgehead atoms. The Morgan fingerprint density at radius 2 is 2.06 bits per heavy atom. The minimum Gasteiger partial charge on any atom is -0.367 e. The molecule has 1 heterocycles. The normalized spacial score (nSPS) is 17.0. The first-order valence-corrected chi connectivity index (χ1v) is 6.24. The highest BCUT2D eigenvalue weighted by atomic mass is 14.7. The number of aromatic amines is 1.